The molecule has 1 N–H and O–H groups in total. The quantitative estimate of drug-likeness (QED) is 0.391. The number of methoxy groups -OCH3 is 3. The van der Waals surface area contributed by atoms with E-state index in [9.17, 15) is 10.1 Å². The van der Waals surface area contributed by atoms with Crippen LogP contribution in [0.2, 0.25) is 5.02 Å². The van der Waals surface area contributed by atoms with Gasteiger partial charge in [0.25, 0.3) is 5.91 Å². The molecule has 1 amide bonds. The molecule has 0 atom stereocenters. The summed E-state index contributed by atoms with van der Waals surface area (Å²) in [6.45, 7) is 0.0177. The minimum absolute atomic E-state index is 0.0177. The van der Waals surface area contributed by atoms with Gasteiger partial charge in [0.05, 0.1) is 32.0 Å². The van der Waals surface area contributed by atoms with Crippen LogP contribution in [0.4, 0.5) is 5.69 Å². The number of rotatable bonds is 8. The van der Waals surface area contributed by atoms with Crippen LogP contribution in [0.3, 0.4) is 0 Å². The van der Waals surface area contributed by atoms with Crippen molar-refractivity contribution in [1.82, 2.24) is 0 Å². The molecule has 2 aromatic carbocycles. The number of nitriles is 1. The second-order valence-electron chi connectivity index (χ2n) is 5.71. The van der Waals surface area contributed by atoms with Gasteiger partial charge in [-0.3, -0.25) is 4.79 Å². The number of nitrogens with zero attached hydrogens (tertiary/aromatic N) is 1. The fourth-order valence-electron chi connectivity index (χ4n) is 2.46. The predicted molar refractivity (Wildman–Crippen MR) is 114 cm³/mol. The zero-order chi connectivity index (χ0) is 22.1. The summed E-state index contributed by atoms with van der Waals surface area (Å²) in [5.74, 6) is 3.29. The third-order valence-electron chi connectivity index (χ3n) is 3.92. The van der Waals surface area contributed by atoms with E-state index < -0.39 is 5.91 Å². The van der Waals surface area contributed by atoms with Gasteiger partial charge in [-0.1, -0.05) is 17.5 Å². The van der Waals surface area contributed by atoms with Crippen molar-refractivity contribution in [2.24, 2.45) is 0 Å². The van der Waals surface area contributed by atoms with E-state index in [0.717, 1.165) is 0 Å². The highest BCUT2D eigenvalue weighted by molar-refractivity contribution is 6.32. The van der Waals surface area contributed by atoms with E-state index in [1.54, 1.807) is 18.2 Å². The van der Waals surface area contributed by atoms with Gasteiger partial charge in [0.15, 0.2) is 0 Å². The van der Waals surface area contributed by atoms with Crippen molar-refractivity contribution >= 4 is 29.3 Å². The Balaban J connectivity index is 2.39. The number of hydrogen-bond acceptors (Lipinski definition) is 6. The fraction of sp³-hybridized carbons (Fsp3) is 0.182. The second kappa shape index (κ2) is 10.7. The third-order valence-corrected chi connectivity index (χ3v) is 4.21. The van der Waals surface area contributed by atoms with Crippen LogP contribution in [0, 0.1) is 23.7 Å². The van der Waals surface area contributed by atoms with Crippen LogP contribution in [0.1, 0.15) is 5.56 Å². The number of terminal acetylenes is 1. The number of carbonyl (C=O) groups is 1. The molecular weight excluding hydrogens is 408 g/mol. The third kappa shape index (κ3) is 5.38. The zero-order valence-corrected chi connectivity index (χ0v) is 17.4. The molecule has 0 radical (unpaired) electrons. The average Bonchev–Trinajstić information content (AvgIpc) is 2.76. The fourth-order valence-corrected chi connectivity index (χ4v) is 2.69. The van der Waals surface area contributed by atoms with Gasteiger partial charge < -0.3 is 24.3 Å². The monoisotopic (exact) mass is 426 g/mol. The summed E-state index contributed by atoms with van der Waals surface area (Å²) >= 11 is 6.08. The molecule has 0 saturated carbocycles. The SMILES string of the molecule is C#CCOc1cc(OC)ccc1/C=C(\C#N)C(=O)Nc1cc(OC)c(Cl)cc1OC. The first-order valence-corrected chi connectivity index (χ1v) is 8.94. The Hall–Kier alpha value is -3.81. The highest BCUT2D eigenvalue weighted by Crippen LogP contribution is 2.36. The molecule has 2 aromatic rings. The summed E-state index contributed by atoms with van der Waals surface area (Å²) < 4.78 is 21.1. The van der Waals surface area contributed by atoms with Crippen LogP contribution in [-0.4, -0.2) is 33.8 Å². The topological polar surface area (TPSA) is 89.8 Å². The van der Waals surface area contributed by atoms with E-state index in [-0.39, 0.29) is 12.2 Å². The summed E-state index contributed by atoms with van der Waals surface area (Å²) in [6, 6.07) is 9.83. The number of nitrogens with one attached hydrogen (secondary N) is 1. The Morgan fingerprint density at radius 1 is 1.13 bits per heavy atom. The smallest absolute Gasteiger partial charge is 0.266 e. The molecule has 0 aromatic heterocycles. The number of hydrogen-bond donors (Lipinski definition) is 1. The first-order valence-electron chi connectivity index (χ1n) is 8.56. The van der Waals surface area contributed by atoms with Gasteiger partial charge in [-0.2, -0.15) is 5.26 Å². The van der Waals surface area contributed by atoms with Crippen molar-refractivity contribution < 1.29 is 23.7 Å². The van der Waals surface area contributed by atoms with Crippen LogP contribution in [0.15, 0.2) is 35.9 Å². The number of amides is 1. The lowest BCUT2D eigenvalue weighted by atomic mass is 10.1. The first-order chi connectivity index (χ1) is 14.5. The van der Waals surface area contributed by atoms with Gasteiger partial charge in [0.2, 0.25) is 0 Å². The highest BCUT2D eigenvalue weighted by Gasteiger charge is 2.16. The molecule has 7 nitrogen and oxygen atoms in total. The molecule has 0 fully saturated rings. The normalized spacial score (nSPS) is 10.4. The minimum atomic E-state index is -0.654. The number of halogens is 1. The number of anilines is 1. The first kappa shape index (κ1) is 22.5. The van der Waals surface area contributed by atoms with Gasteiger partial charge in [0, 0.05) is 23.8 Å². The lowest BCUT2D eigenvalue weighted by Gasteiger charge is -2.13. The molecule has 154 valence electrons. The van der Waals surface area contributed by atoms with Crippen molar-refractivity contribution in [2.75, 3.05) is 33.3 Å². The van der Waals surface area contributed by atoms with Gasteiger partial charge in [-0.05, 0) is 18.2 Å². The Morgan fingerprint density at radius 3 is 2.47 bits per heavy atom. The Morgan fingerprint density at radius 2 is 1.87 bits per heavy atom. The molecule has 0 aliphatic carbocycles. The molecule has 0 unspecified atom stereocenters. The summed E-state index contributed by atoms with van der Waals surface area (Å²) in [5, 5.41) is 12.5. The molecule has 2 rings (SSSR count). The zero-order valence-electron chi connectivity index (χ0n) is 16.6. The van der Waals surface area contributed by atoms with Crippen LogP contribution < -0.4 is 24.3 Å². The van der Waals surface area contributed by atoms with Gasteiger partial charge in [-0.15, -0.1) is 6.42 Å². The predicted octanol–water partition coefficient (Wildman–Crippen LogP) is 3.92. The van der Waals surface area contributed by atoms with Crippen LogP contribution in [0.5, 0.6) is 23.0 Å². The Labute approximate surface area is 179 Å². The van der Waals surface area contributed by atoms with Gasteiger partial charge >= 0.3 is 0 Å². The maximum absolute atomic E-state index is 12.7. The number of ether oxygens (including phenoxy) is 4. The van der Waals surface area contributed by atoms with Crippen LogP contribution in [-0.2, 0) is 4.79 Å². The largest absolute Gasteiger partial charge is 0.497 e. The lowest BCUT2D eigenvalue weighted by molar-refractivity contribution is -0.112. The Bertz CT molecular complexity index is 1050. The molecule has 0 saturated heterocycles. The maximum Gasteiger partial charge on any atom is 0.266 e. The van der Waals surface area contributed by atoms with Crippen LogP contribution in [0.25, 0.3) is 6.08 Å². The lowest BCUT2D eigenvalue weighted by Crippen LogP contribution is -2.14. The van der Waals surface area contributed by atoms with E-state index >= 15 is 0 Å². The maximum atomic E-state index is 12.7. The minimum Gasteiger partial charge on any atom is -0.497 e. The molecular formula is C22H19ClN2O5. The molecule has 0 bridgehead atoms. The van der Waals surface area contributed by atoms with Crippen molar-refractivity contribution in [3.05, 3.63) is 46.5 Å². The van der Waals surface area contributed by atoms with Crippen molar-refractivity contribution in [2.45, 2.75) is 0 Å². The van der Waals surface area contributed by atoms with E-state index in [2.05, 4.69) is 11.2 Å². The van der Waals surface area contributed by atoms with E-state index in [4.69, 9.17) is 37.0 Å². The van der Waals surface area contributed by atoms with Crippen LogP contribution >= 0.6 is 11.6 Å². The van der Waals surface area contributed by atoms with Crippen molar-refractivity contribution in [3.63, 3.8) is 0 Å². The average molecular weight is 427 g/mol. The summed E-state index contributed by atoms with van der Waals surface area (Å²) in [6.07, 6.45) is 6.64. The van der Waals surface area contributed by atoms with Crippen molar-refractivity contribution in [1.29, 1.82) is 5.26 Å². The highest BCUT2D eigenvalue weighted by atomic mass is 35.5. The summed E-state index contributed by atoms with van der Waals surface area (Å²) in [7, 11) is 4.39. The molecule has 0 heterocycles. The second-order valence-corrected chi connectivity index (χ2v) is 6.11. The molecule has 8 heteroatoms. The summed E-state index contributed by atoms with van der Waals surface area (Å²) in [4.78, 5) is 12.7. The van der Waals surface area contributed by atoms with Gasteiger partial charge in [0.1, 0.15) is 41.2 Å². The van der Waals surface area contributed by atoms with E-state index in [1.165, 1.54) is 39.5 Å². The van der Waals surface area contributed by atoms with Gasteiger partial charge in [-0.25, -0.2) is 0 Å². The molecule has 0 aliphatic heterocycles. The van der Waals surface area contributed by atoms with Crippen molar-refractivity contribution in [3.8, 4) is 41.4 Å². The Kier molecular flexibility index (Phi) is 7.99. The number of carbonyl (C=O) groups excluding carboxylic acids is 1. The summed E-state index contributed by atoms with van der Waals surface area (Å²) in [5.41, 5.74) is 0.614. The standard InChI is InChI=1S/C22H19ClN2O5/c1-5-8-30-19-10-16(27-2)7-6-14(19)9-15(13-24)22(26)25-18-12-20(28-3)17(23)11-21(18)29-4/h1,6-7,9-12H,8H2,2-4H3,(H,25,26)/b15-9+. The van der Waals surface area contributed by atoms with E-state index in [0.29, 0.717) is 39.3 Å². The molecule has 30 heavy (non-hydrogen) atoms. The van der Waals surface area contributed by atoms with E-state index in [1.807, 2.05) is 6.07 Å². The molecule has 0 spiro atoms. The molecule has 0 aliphatic rings. The number of benzene rings is 2.